The lowest BCUT2D eigenvalue weighted by Gasteiger charge is -2.38. The average Bonchev–Trinajstić information content (AvgIpc) is 2.65. The Balaban J connectivity index is 1.98. The largest absolute Gasteiger partial charge is 0.480 e. The number of carbonyl (C=O) groups is 2. The molecule has 1 aromatic carbocycles. The Morgan fingerprint density at radius 2 is 1.65 bits per heavy atom. The number of hydrogen-bond donors (Lipinski definition) is 2. The first kappa shape index (κ1) is 20.2. The predicted molar refractivity (Wildman–Crippen MR) is 104 cm³/mol. The number of carbonyl (C=O) groups excluding carboxylic acids is 1. The molecule has 1 heterocycles. The first-order chi connectivity index (χ1) is 12.3. The molecule has 26 heavy (non-hydrogen) atoms. The second kappa shape index (κ2) is 9.03. The number of piperazine rings is 1. The molecule has 0 spiro atoms. The summed E-state index contributed by atoms with van der Waals surface area (Å²) in [6.45, 7) is 12.2. The maximum Gasteiger partial charge on any atom is 0.326 e. The number of nitrogens with zero attached hydrogens (tertiary/aromatic N) is 2. The highest BCUT2D eigenvalue weighted by Gasteiger charge is 2.26. The number of benzene rings is 1. The average molecular weight is 361 g/mol. The summed E-state index contributed by atoms with van der Waals surface area (Å²) in [5.74, 6) is -1.45. The number of nitrogens with one attached hydrogen (secondary N) is 1. The van der Waals surface area contributed by atoms with Gasteiger partial charge in [0.15, 0.2) is 0 Å². The molecule has 144 valence electrons. The molecule has 1 aliphatic heterocycles. The highest BCUT2D eigenvalue weighted by molar-refractivity contribution is 5.96. The molecular weight excluding hydrogens is 330 g/mol. The molecule has 0 unspecified atom stereocenters. The fourth-order valence-electron chi connectivity index (χ4n) is 3.23. The van der Waals surface area contributed by atoms with Crippen molar-refractivity contribution in [3.8, 4) is 0 Å². The monoisotopic (exact) mass is 361 g/mol. The van der Waals surface area contributed by atoms with Gasteiger partial charge in [0.25, 0.3) is 5.91 Å². The van der Waals surface area contributed by atoms with Crippen molar-refractivity contribution in [2.75, 3.05) is 31.1 Å². The molecule has 2 atom stereocenters. The van der Waals surface area contributed by atoms with Gasteiger partial charge in [-0.25, -0.2) is 4.79 Å². The third-order valence-corrected chi connectivity index (χ3v) is 5.30. The Kier molecular flexibility index (Phi) is 7.03. The Bertz CT molecular complexity index is 607. The third kappa shape index (κ3) is 4.97. The van der Waals surface area contributed by atoms with Gasteiger partial charge in [0.1, 0.15) is 6.04 Å². The first-order valence-corrected chi connectivity index (χ1v) is 9.46. The van der Waals surface area contributed by atoms with Crippen molar-refractivity contribution in [3.63, 3.8) is 0 Å². The third-order valence-electron chi connectivity index (χ3n) is 5.30. The second-order valence-electron chi connectivity index (χ2n) is 7.34. The number of amides is 1. The predicted octanol–water partition coefficient (Wildman–Crippen LogP) is 2.45. The van der Waals surface area contributed by atoms with Crippen LogP contribution in [0, 0.1) is 5.92 Å². The van der Waals surface area contributed by atoms with E-state index in [0.29, 0.717) is 18.0 Å². The fraction of sp³-hybridized carbons (Fsp3) is 0.600. The molecule has 0 radical (unpaired) electrons. The van der Waals surface area contributed by atoms with Gasteiger partial charge in [0.05, 0.1) is 0 Å². The smallest absolute Gasteiger partial charge is 0.326 e. The van der Waals surface area contributed by atoms with Crippen LogP contribution in [0.1, 0.15) is 44.5 Å². The Morgan fingerprint density at radius 3 is 2.12 bits per heavy atom. The zero-order valence-electron chi connectivity index (χ0n) is 16.2. The molecule has 2 N–H and O–H groups in total. The van der Waals surface area contributed by atoms with E-state index in [1.807, 2.05) is 26.0 Å². The minimum absolute atomic E-state index is 0.118. The summed E-state index contributed by atoms with van der Waals surface area (Å²) in [4.78, 5) is 28.5. The molecule has 1 amide bonds. The number of carboxylic acids is 1. The van der Waals surface area contributed by atoms with Crippen LogP contribution >= 0.6 is 0 Å². The maximum atomic E-state index is 12.4. The van der Waals surface area contributed by atoms with Crippen LogP contribution in [0.4, 0.5) is 5.69 Å². The molecule has 0 bridgehead atoms. The summed E-state index contributed by atoms with van der Waals surface area (Å²) >= 11 is 0. The summed E-state index contributed by atoms with van der Waals surface area (Å²) in [5, 5.41) is 12.0. The molecule has 1 aliphatic rings. The van der Waals surface area contributed by atoms with Gasteiger partial charge in [-0.15, -0.1) is 0 Å². The van der Waals surface area contributed by atoms with E-state index in [4.69, 9.17) is 0 Å². The Labute approximate surface area is 156 Å². The first-order valence-electron chi connectivity index (χ1n) is 9.46. The van der Waals surface area contributed by atoms with Crippen LogP contribution in [0.5, 0.6) is 0 Å². The lowest BCUT2D eigenvalue weighted by molar-refractivity contribution is -0.140. The van der Waals surface area contributed by atoms with Gasteiger partial charge >= 0.3 is 5.97 Å². The van der Waals surface area contributed by atoms with E-state index in [-0.39, 0.29) is 11.8 Å². The van der Waals surface area contributed by atoms with Crippen molar-refractivity contribution in [2.45, 2.75) is 46.2 Å². The van der Waals surface area contributed by atoms with Crippen molar-refractivity contribution < 1.29 is 14.7 Å². The summed E-state index contributed by atoms with van der Waals surface area (Å²) in [6, 6.07) is 7.13. The minimum atomic E-state index is -0.993. The molecular formula is C20H31N3O3. The van der Waals surface area contributed by atoms with Gasteiger partial charge in [0, 0.05) is 43.5 Å². The van der Waals surface area contributed by atoms with Gasteiger partial charge in [-0.2, -0.15) is 0 Å². The Morgan fingerprint density at radius 1 is 1.08 bits per heavy atom. The van der Waals surface area contributed by atoms with E-state index in [1.165, 1.54) is 0 Å². The number of rotatable bonds is 7. The van der Waals surface area contributed by atoms with Gasteiger partial charge in [-0.05, 0) is 44.0 Å². The highest BCUT2D eigenvalue weighted by Crippen LogP contribution is 2.18. The van der Waals surface area contributed by atoms with Crippen LogP contribution in [0.3, 0.4) is 0 Å². The fourth-order valence-corrected chi connectivity index (χ4v) is 3.23. The molecule has 6 heteroatoms. The van der Waals surface area contributed by atoms with Crippen LogP contribution in [-0.2, 0) is 4.79 Å². The lowest BCUT2D eigenvalue weighted by atomic mass is 9.99. The molecule has 0 aromatic heterocycles. The standard InChI is InChI=1S/C20H31N3O3/c1-5-15(4)18(20(25)26)21-19(24)16-6-8-17(9-7-16)23-12-10-22(11-13-23)14(2)3/h6-9,14-15,18H,5,10-13H2,1-4H3,(H,21,24)(H,25,26)/t15-,18-/m0/s1. The topological polar surface area (TPSA) is 72.9 Å². The van der Waals surface area contributed by atoms with Crippen LogP contribution in [-0.4, -0.2) is 60.1 Å². The van der Waals surface area contributed by atoms with E-state index < -0.39 is 12.0 Å². The molecule has 1 aromatic rings. The van der Waals surface area contributed by atoms with Gasteiger partial charge < -0.3 is 15.3 Å². The van der Waals surface area contributed by atoms with E-state index in [9.17, 15) is 14.7 Å². The van der Waals surface area contributed by atoms with Crippen molar-refractivity contribution >= 4 is 17.6 Å². The summed E-state index contributed by atoms with van der Waals surface area (Å²) in [6.07, 6.45) is 0.693. The quantitative estimate of drug-likeness (QED) is 0.780. The Hall–Kier alpha value is -2.08. The minimum Gasteiger partial charge on any atom is -0.480 e. The van der Waals surface area contributed by atoms with Crippen LogP contribution in [0.25, 0.3) is 0 Å². The van der Waals surface area contributed by atoms with Crippen LogP contribution in [0.15, 0.2) is 24.3 Å². The number of hydrogen-bond acceptors (Lipinski definition) is 4. The van der Waals surface area contributed by atoms with E-state index in [2.05, 4.69) is 29.0 Å². The zero-order valence-corrected chi connectivity index (χ0v) is 16.2. The van der Waals surface area contributed by atoms with Crippen molar-refractivity contribution in [1.82, 2.24) is 10.2 Å². The SMILES string of the molecule is CC[C@H](C)[C@H](NC(=O)c1ccc(N2CCN(C(C)C)CC2)cc1)C(=O)O. The van der Waals surface area contributed by atoms with Gasteiger partial charge in [0.2, 0.25) is 0 Å². The molecule has 6 nitrogen and oxygen atoms in total. The van der Waals surface area contributed by atoms with E-state index in [0.717, 1.165) is 31.9 Å². The summed E-state index contributed by atoms with van der Waals surface area (Å²) in [7, 11) is 0. The van der Waals surface area contributed by atoms with Crippen molar-refractivity contribution in [2.24, 2.45) is 5.92 Å². The normalized spacial score (nSPS) is 17.8. The molecule has 2 rings (SSSR count). The van der Waals surface area contributed by atoms with Crippen molar-refractivity contribution in [1.29, 1.82) is 0 Å². The van der Waals surface area contributed by atoms with Crippen molar-refractivity contribution in [3.05, 3.63) is 29.8 Å². The number of anilines is 1. The molecule has 0 aliphatic carbocycles. The van der Waals surface area contributed by atoms with Crippen LogP contribution in [0.2, 0.25) is 0 Å². The maximum absolute atomic E-state index is 12.4. The van der Waals surface area contributed by atoms with Crippen LogP contribution < -0.4 is 10.2 Å². The van der Waals surface area contributed by atoms with E-state index >= 15 is 0 Å². The van der Waals surface area contributed by atoms with Gasteiger partial charge in [-0.1, -0.05) is 20.3 Å². The number of carboxylic acid groups (broad SMARTS) is 1. The molecule has 1 saturated heterocycles. The summed E-state index contributed by atoms with van der Waals surface area (Å²) in [5.41, 5.74) is 1.59. The lowest BCUT2D eigenvalue weighted by Crippen LogP contribution is -2.48. The molecule has 0 saturated carbocycles. The van der Waals surface area contributed by atoms with E-state index in [1.54, 1.807) is 12.1 Å². The summed E-state index contributed by atoms with van der Waals surface area (Å²) < 4.78 is 0. The zero-order chi connectivity index (χ0) is 19.3. The van der Waals surface area contributed by atoms with Gasteiger partial charge in [-0.3, -0.25) is 9.69 Å². The highest BCUT2D eigenvalue weighted by atomic mass is 16.4. The second-order valence-corrected chi connectivity index (χ2v) is 7.34. The number of aliphatic carboxylic acids is 1. The molecule has 1 fully saturated rings.